The van der Waals surface area contributed by atoms with Crippen molar-refractivity contribution in [2.75, 3.05) is 24.7 Å². The lowest BCUT2D eigenvalue weighted by atomic mass is 10.3. The van der Waals surface area contributed by atoms with Gasteiger partial charge in [-0.05, 0) is 12.1 Å². The van der Waals surface area contributed by atoms with Crippen molar-refractivity contribution in [3.8, 4) is 5.75 Å². The highest BCUT2D eigenvalue weighted by Gasteiger charge is 2.15. The first-order valence-electron chi connectivity index (χ1n) is 4.11. The summed E-state index contributed by atoms with van der Waals surface area (Å²) >= 11 is 0. The summed E-state index contributed by atoms with van der Waals surface area (Å²) in [5, 5.41) is 3.19. The first-order chi connectivity index (χ1) is 6.31. The lowest BCUT2D eigenvalue weighted by molar-refractivity contribution is 0.414. The van der Waals surface area contributed by atoms with Crippen LogP contribution in [0.5, 0.6) is 5.75 Å². The van der Waals surface area contributed by atoms with Crippen LogP contribution in [-0.4, -0.2) is 23.6 Å². The highest BCUT2D eigenvalue weighted by Crippen LogP contribution is 2.27. The van der Waals surface area contributed by atoms with Gasteiger partial charge in [-0.25, -0.2) is 0 Å². The van der Waals surface area contributed by atoms with Crippen LogP contribution in [0.2, 0.25) is 0 Å². The van der Waals surface area contributed by atoms with Crippen molar-refractivity contribution in [2.24, 2.45) is 0 Å². The van der Waals surface area contributed by atoms with Crippen LogP contribution in [0.15, 0.2) is 23.1 Å². The summed E-state index contributed by atoms with van der Waals surface area (Å²) in [6, 6.07) is 5.58. The Bertz CT molecular complexity index is 351. The van der Waals surface area contributed by atoms with Gasteiger partial charge in [-0.15, -0.1) is 0 Å². The number of hydrogen-bond acceptors (Lipinski definition) is 3. The van der Waals surface area contributed by atoms with Gasteiger partial charge in [0.05, 0.1) is 28.5 Å². The Hall–Kier alpha value is -1.03. The second-order valence-corrected chi connectivity index (χ2v) is 4.38. The molecule has 0 radical (unpaired) electrons. The molecule has 1 aliphatic rings. The maximum absolute atomic E-state index is 11.5. The third-order valence-corrected chi connectivity index (χ3v) is 3.46. The van der Waals surface area contributed by atoms with Crippen molar-refractivity contribution < 1.29 is 8.95 Å². The molecule has 0 aliphatic carbocycles. The van der Waals surface area contributed by atoms with Gasteiger partial charge in [0, 0.05) is 18.4 Å². The monoisotopic (exact) mass is 197 g/mol. The Morgan fingerprint density at radius 2 is 2.38 bits per heavy atom. The largest absolute Gasteiger partial charge is 0.497 e. The number of nitrogens with one attached hydrogen (secondary N) is 1. The van der Waals surface area contributed by atoms with Crippen LogP contribution in [0.4, 0.5) is 5.69 Å². The van der Waals surface area contributed by atoms with Crippen molar-refractivity contribution in [3.05, 3.63) is 18.2 Å². The van der Waals surface area contributed by atoms with Crippen LogP contribution in [0.1, 0.15) is 0 Å². The Morgan fingerprint density at radius 3 is 3.15 bits per heavy atom. The summed E-state index contributed by atoms with van der Waals surface area (Å²) in [6.45, 7) is 0.771. The molecule has 1 aromatic rings. The Labute approximate surface area is 79.6 Å². The van der Waals surface area contributed by atoms with Gasteiger partial charge in [0.25, 0.3) is 0 Å². The maximum atomic E-state index is 11.5. The van der Waals surface area contributed by atoms with Gasteiger partial charge in [0.1, 0.15) is 5.75 Å². The van der Waals surface area contributed by atoms with Crippen LogP contribution in [-0.2, 0) is 10.8 Å². The lowest BCUT2D eigenvalue weighted by Gasteiger charge is -2.17. The quantitative estimate of drug-likeness (QED) is 0.736. The minimum Gasteiger partial charge on any atom is -0.497 e. The van der Waals surface area contributed by atoms with Gasteiger partial charge < -0.3 is 10.1 Å². The summed E-state index contributed by atoms with van der Waals surface area (Å²) < 4.78 is 16.6. The van der Waals surface area contributed by atoms with E-state index in [1.54, 1.807) is 7.11 Å². The molecule has 1 N–H and O–H groups in total. The van der Waals surface area contributed by atoms with E-state index in [9.17, 15) is 4.21 Å². The average molecular weight is 197 g/mol. The third-order valence-electron chi connectivity index (χ3n) is 2.03. The van der Waals surface area contributed by atoms with E-state index in [0.717, 1.165) is 22.9 Å². The molecule has 1 aliphatic heterocycles. The van der Waals surface area contributed by atoms with Crippen LogP contribution < -0.4 is 10.1 Å². The minimum absolute atomic E-state index is 0.694. The Kier molecular flexibility index (Phi) is 2.22. The molecule has 0 spiro atoms. The van der Waals surface area contributed by atoms with E-state index in [1.165, 1.54) is 0 Å². The molecule has 0 aromatic heterocycles. The zero-order chi connectivity index (χ0) is 9.26. The van der Waals surface area contributed by atoms with E-state index in [0.29, 0.717) is 5.75 Å². The van der Waals surface area contributed by atoms with Crippen LogP contribution in [0, 0.1) is 0 Å². The predicted molar refractivity (Wildman–Crippen MR) is 52.8 cm³/mol. The summed E-state index contributed by atoms with van der Waals surface area (Å²) in [4.78, 5) is 0.882. The molecule has 1 atom stereocenters. The van der Waals surface area contributed by atoms with Gasteiger partial charge in [-0.1, -0.05) is 0 Å². The van der Waals surface area contributed by atoms with Crippen molar-refractivity contribution in [1.82, 2.24) is 0 Å². The van der Waals surface area contributed by atoms with Crippen molar-refractivity contribution in [3.63, 3.8) is 0 Å². The summed E-state index contributed by atoms with van der Waals surface area (Å²) in [7, 11) is 0.783. The standard InChI is InChI=1S/C9H11NO2S/c1-12-7-2-3-9-8(6-7)10-4-5-13(9)11/h2-3,6,10H,4-5H2,1H3. The Morgan fingerprint density at radius 1 is 1.54 bits per heavy atom. The molecule has 1 aromatic carbocycles. The molecule has 0 fully saturated rings. The fourth-order valence-corrected chi connectivity index (χ4v) is 2.46. The zero-order valence-electron chi connectivity index (χ0n) is 7.37. The van der Waals surface area contributed by atoms with Crippen LogP contribution in [0.25, 0.3) is 0 Å². The molecule has 2 rings (SSSR count). The number of anilines is 1. The third kappa shape index (κ3) is 1.54. The van der Waals surface area contributed by atoms with E-state index in [4.69, 9.17) is 4.74 Å². The van der Waals surface area contributed by atoms with Crippen LogP contribution in [0.3, 0.4) is 0 Å². The molecule has 0 amide bonds. The number of fused-ring (bicyclic) bond motifs is 1. The zero-order valence-corrected chi connectivity index (χ0v) is 8.19. The van der Waals surface area contributed by atoms with Gasteiger partial charge in [0.15, 0.2) is 0 Å². The van der Waals surface area contributed by atoms with E-state index < -0.39 is 10.8 Å². The van der Waals surface area contributed by atoms with E-state index >= 15 is 0 Å². The molecule has 1 heterocycles. The van der Waals surface area contributed by atoms with E-state index in [1.807, 2.05) is 18.2 Å². The second-order valence-electron chi connectivity index (χ2n) is 2.84. The molecule has 3 nitrogen and oxygen atoms in total. The first-order valence-corrected chi connectivity index (χ1v) is 5.43. The molecule has 70 valence electrons. The van der Waals surface area contributed by atoms with E-state index in [-0.39, 0.29) is 0 Å². The molecule has 0 bridgehead atoms. The normalized spacial score (nSPS) is 20.2. The fourth-order valence-electron chi connectivity index (χ4n) is 1.36. The molecule has 13 heavy (non-hydrogen) atoms. The average Bonchev–Trinajstić information content (AvgIpc) is 2.18. The summed E-state index contributed by atoms with van der Waals surface area (Å²) in [6.07, 6.45) is 0. The SMILES string of the molecule is COc1ccc2c(c1)NCCS2=O. The number of benzene rings is 1. The first kappa shape index (κ1) is 8.56. The predicted octanol–water partition coefficient (Wildman–Crippen LogP) is 1.23. The lowest BCUT2D eigenvalue weighted by Crippen LogP contribution is -2.18. The highest BCUT2D eigenvalue weighted by atomic mass is 32.2. The molecule has 0 saturated heterocycles. The van der Waals surface area contributed by atoms with Gasteiger partial charge in [-0.3, -0.25) is 4.21 Å². The van der Waals surface area contributed by atoms with Crippen molar-refractivity contribution >= 4 is 16.5 Å². The van der Waals surface area contributed by atoms with Crippen LogP contribution >= 0.6 is 0 Å². The second kappa shape index (κ2) is 3.38. The molecular weight excluding hydrogens is 186 g/mol. The molecule has 1 unspecified atom stereocenters. The topological polar surface area (TPSA) is 38.3 Å². The smallest absolute Gasteiger partial charge is 0.121 e. The maximum Gasteiger partial charge on any atom is 0.121 e. The van der Waals surface area contributed by atoms with Gasteiger partial charge >= 0.3 is 0 Å². The number of hydrogen-bond donors (Lipinski definition) is 1. The number of methoxy groups -OCH3 is 1. The van der Waals surface area contributed by atoms with Gasteiger partial charge in [-0.2, -0.15) is 0 Å². The van der Waals surface area contributed by atoms with E-state index in [2.05, 4.69) is 5.32 Å². The molecule has 0 saturated carbocycles. The van der Waals surface area contributed by atoms with Gasteiger partial charge in [0.2, 0.25) is 0 Å². The van der Waals surface area contributed by atoms with Crippen molar-refractivity contribution in [1.29, 1.82) is 0 Å². The highest BCUT2D eigenvalue weighted by molar-refractivity contribution is 7.85. The molecule has 4 heteroatoms. The Balaban J connectivity index is 2.45. The summed E-state index contributed by atoms with van der Waals surface area (Å²) in [5.41, 5.74) is 0.934. The number of ether oxygens (including phenoxy) is 1. The number of rotatable bonds is 1. The van der Waals surface area contributed by atoms with Crippen molar-refractivity contribution in [2.45, 2.75) is 4.90 Å². The minimum atomic E-state index is -0.843. The molecular formula is C9H11NO2S. The fraction of sp³-hybridized carbons (Fsp3) is 0.333. The summed E-state index contributed by atoms with van der Waals surface area (Å²) in [5.74, 6) is 1.49.